The fraction of sp³-hybridized carbons (Fsp3) is 0.368. The molecule has 0 radical (unpaired) electrons. The van der Waals surface area contributed by atoms with E-state index in [1.54, 1.807) is 43.4 Å². The van der Waals surface area contributed by atoms with Crippen LogP contribution in [0.15, 0.2) is 47.5 Å². The summed E-state index contributed by atoms with van der Waals surface area (Å²) in [5.74, 6) is 1.06. The lowest BCUT2D eigenvalue weighted by Crippen LogP contribution is -2.36. The Morgan fingerprint density at radius 2 is 2.00 bits per heavy atom. The first-order valence-electron chi connectivity index (χ1n) is 8.76. The number of aliphatic imine (C=N–C) groups is 1. The number of carbonyl (C=O) groups is 1. The van der Waals surface area contributed by atoms with E-state index in [4.69, 9.17) is 9.47 Å². The Kier molecular flexibility index (Phi) is 7.62. The molecule has 8 nitrogen and oxygen atoms in total. The SMILES string of the molecule is COc1ccc(C(=O)NCCN=C2C/C=C\C=C/C(C)S(=O)(=O)N2)cc1OC. The van der Waals surface area contributed by atoms with E-state index in [9.17, 15) is 13.2 Å². The van der Waals surface area contributed by atoms with Gasteiger partial charge in [-0.1, -0.05) is 24.3 Å². The van der Waals surface area contributed by atoms with Crippen molar-refractivity contribution in [2.24, 2.45) is 4.99 Å². The van der Waals surface area contributed by atoms with Gasteiger partial charge in [-0.15, -0.1) is 0 Å². The van der Waals surface area contributed by atoms with Crippen LogP contribution in [-0.4, -0.2) is 52.7 Å². The van der Waals surface area contributed by atoms with Gasteiger partial charge in [0.25, 0.3) is 5.91 Å². The zero-order valence-electron chi connectivity index (χ0n) is 16.1. The van der Waals surface area contributed by atoms with Gasteiger partial charge in [0.15, 0.2) is 11.5 Å². The summed E-state index contributed by atoms with van der Waals surface area (Å²) < 4.78 is 37.2. The van der Waals surface area contributed by atoms with Crippen molar-refractivity contribution in [1.29, 1.82) is 0 Å². The molecule has 1 aromatic carbocycles. The highest BCUT2D eigenvalue weighted by Crippen LogP contribution is 2.27. The molecule has 0 aliphatic carbocycles. The van der Waals surface area contributed by atoms with Crippen molar-refractivity contribution in [3.05, 3.63) is 48.1 Å². The number of allylic oxidation sites excluding steroid dienone is 2. The lowest BCUT2D eigenvalue weighted by Gasteiger charge is -2.12. The number of ether oxygens (including phenoxy) is 2. The van der Waals surface area contributed by atoms with E-state index in [1.807, 2.05) is 6.08 Å². The van der Waals surface area contributed by atoms with Crippen LogP contribution in [-0.2, 0) is 10.0 Å². The van der Waals surface area contributed by atoms with E-state index in [0.29, 0.717) is 29.3 Å². The Bertz CT molecular complexity index is 891. The fourth-order valence-electron chi connectivity index (χ4n) is 2.42. The van der Waals surface area contributed by atoms with E-state index >= 15 is 0 Å². The summed E-state index contributed by atoms with van der Waals surface area (Å²) in [5, 5.41) is 2.09. The minimum Gasteiger partial charge on any atom is -0.493 e. The molecule has 0 spiro atoms. The number of sulfonamides is 1. The number of amides is 1. The van der Waals surface area contributed by atoms with Crippen LogP contribution in [0, 0.1) is 0 Å². The maximum absolute atomic E-state index is 12.3. The van der Waals surface area contributed by atoms with E-state index in [2.05, 4.69) is 15.0 Å². The Morgan fingerprint density at radius 3 is 2.71 bits per heavy atom. The first kappa shape index (κ1) is 21.5. The molecular formula is C19H25N3O5S. The standard InChI is InChI=1S/C19H25N3O5S/c1-14-7-5-4-6-8-18(22-28(14,24)25)20-11-12-21-19(23)15-9-10-16(26-2)17(13-15)27-3/h4-7,9-10,13-14H,8,11-12H2,1-3H3,(H,20,22)(H,21,23)/b6-4-,7-5-. The molecule has 152 valence electrons. The molecule has 1 aromatic rings. The quantitative estimate of drug-likeness (QED) is 0.698. The Hall–Kier alpha value is -2.81. The average Bonchev–Trinajstić information content (AvgIpc) is 2.74. The van der Waals surface area contributed by atoms with Gasteiger partial charge in [0.1, 0.15) is 5.84 Å². The summed E-state index contributed by atoms with van der Waals surface area (Å²) in [5.41, 5.74) is 0.427. The third-order valence-electron chi connectivity index (χ3n) is 4.04. The van der Waals surface area contributed by atoms with Gasteiger partial charge in [0.2, 0.25) is 10.0 Å². The predicted molar refractivity (Wildman–Crippen MR) is 109 cm³/mol. The van der Waals surface area contributed by atoms with Crippen molar-refractivity contribution in [3.8, 4) is 11.5 Å². The van der Waals surface area contributed by atoms with E-state index < -0.39 is 15.3 Å². The molecule has 0 bridgehead atoms. The Morgan fingerprint density at radius 1 is 1.25 bits per heavy atom. The van der Waals surface area contributed by atoms with Crippen LogP contribution in [0.5, 0.6) is 11.5 Å². The van der Waals surface area contributed by atoms with Gasteiger partial charge in [-0.2, -0.15) is 0 Å². The maximum Gasteiger partial charge on any atom is 0.251 e. The van der Waals surface area contributed by atoms with Gasteiger partial charge in [0, 0.05) is 18.5 Å². The third-order valence-corrected chi connectivity index (χ3v) is 5.69. The highest BCUT2D eigenvalue weighted by molar-refractivity contribution is 7.90. The van der Waals surface area contributed by atoms with E-state index in [-0.39, 0.29) is 19.0 Å². The van der Waals surface area contributed by atoms with Crippen LogP contribution in [0.25, 0.3) is 0 Å². The maximum atomic E-state index is 12.3. The molecule has 1 aliphatic heterocycles. The number of nitrogens with zero attached hydrogens (tertiary/aromatic N) is 1. The molecule has 0 aromatic heterocycles. The molecule has 1 aliphatic rings. The molecule has 0 fully saturated rings. The van der Waals surface area contributed by atoms with Crippen molar-refractivity contribution in [3.63, 3.8) is 0 Å². The number of amidine groups is 1. The average molecular weight is 407 g/mol. The molecule has 2 N–H and O–H groups in total. The second-order valence-electron chi connectivity index (χ2n) is 6.02. The largest absolute Gasteiger partial charge is 0.493 e. The minimum absolute atomic E-state index is 0.243. The fourth-order valence-corrected chi connectivity index (χ4v) is 3.38. The topological polar surface area (TPSA) is 106 Å². The molecule has 1 amide bonds. The first-order chi connectivity index (χ1) is 13.4. The summed E-state index contributed by atoms with van der Waals surface area (Å²) in [4.78, 5) is 16.5. The van der Waals surface area contributed by atoms with Crippen LogP contribution in [0.3, 0.4) is 0 Å². The van der Waals surface area contributed by atoms with Gasteiger partial charge in [-0.25, -0.2) is 8.42 Å². The summed E-state index contributed by atoms with van der Waals surface area (Å²) in [6, 6.07) is 4.88. The first-order valence-corrected chi connectivity index (χ1v) is 10.3. The predicted octanol–water partition coefficient (Wildman–Crippen LogP) is 1.66. The van der Waals surface area contributed by atoms with E-state index in [0.717, 1.165) is 0 Å². The molecule has 28 heavy (non-hydrogen) atoms. The number of carbonyl (C=O) groups excluding carboxylic acids is 1. The van der Waals surface area contributed by atoms with Crippen molar-refractivity contribution in [2.75, 3.05) is 27.3 Å². The summed E-state index contributed by atoms with van der Waals surface area (Å²) >= 11 is 0. The number of methoxy groups -OCH3 is 2. The summed E-state index contributed by atoms with van der Waals surface area (Å²) in [6.07, 6.45) is 7.27. The Labute approximate surface area is 165 Å². The van der Waals surface area contributed by atoms with Crippen LogP contribution in [0.4, 0.5) is 0 Å². The molecule has 0 saturated heterocycles. The van der Waals surface area contributed by atoms with Crippen LogP contribution < -0.4 is 19.5 Å². The van der Waals surface area contributed by atoms with Crippen LogP contribution >= 0.6 is 0 Å². The Balaban J connectivity index is 1.96. The molecule has 1 unspecified atom stereocenters. The van der Waals surface area contributed by atoms with Gasteiger partial charge in [0.05, 0.1) is 26.0 Å². The van der Waals surface area contributed by atoms with Crippen molar-refractivity contribution >= 4 is 21.8 Å². The minimum atomic E-state index is -3.53. The lowest BCUT2D eigenvalue weighted by molar-refractivity contribution is 0.0954. The van der Waals surface area contributed by atoms with Gasteiger partial charge < -0.3 is 14.8 Å². The zero-order valence-corrected chi connectivity index (χ0v) is 17.0. The molecule has 0 saturated carbocycles. The van der Waals surface area contributed by atoms with Crippen molar-refractivity contribution < 1.29 is 22.7 Å². The number of hydrogen-bond donors (Lipinski definition) is 2. The normalized spacial score (nSPS) is 22.1. The van der Waals surface area contributed by atoms with Gasteiger partial charge in [-0.3, -0.25) is 14.5 Å². The number of hydrogen-bond acceptors (Lipinski definition) is 6. The summed E-state index contributed by atoms with van der Waals surface area (Å²) in [7, 11) is -0.504. The molecule has 2 rings (SSSR count). The number of nitrogens with one attached hydrogen (secondary N) is 2. The highest BCUT2D eigenvalue weighted by atomic mass is 32.2. The molecular weight excluding hydrogens is 382 g/mol. The highest BCUT2D eigenvalue weighted by Gasteiger charge is 2.19. The molecule has 1 heterocycles. The van der Waals surface area contributed by atoms with Gasteiger partial charge >= 0.3 is 0 Å². The monoisotopic (exact) mass is 407 g/mol. The second kappa shape index (κ2) is 9.93. The third kappa shape index (κ3) is 5.85. The second-order valence-corrected chi connectivity index (χ2v) is 8.06. The lowest BCUT2D eigenvalue weighted by atomic mass is 10.2. The van der Waals surface area contributed by atoms with Crippen LogP contribution in [0.1, 0.15) is 23.7 Å². The number of rotatable bonds is 6. The van der Waals surface area contributed by atoms with Crippen LogP contribution in [0.2, 0.25) is 0 Å². The zero-order chi connectivity index (χ0) is 20.6. The van der Waals surface area contributed by atoms with Gasteiger partial charge in [-0.05, 0) is 25.1 Å². The smallest absolute Gasteiger partial charge is 0.251 e. The molecule has 9 heteroatoms. The number of benzene rings is 1. The summed E-state index contributed by atoms with van der Waals surface area (Å²) in [6.45, 7) is 2.10. The van der Waals surface area contributed by atoms with Crippen molar-refractivity contribution in [1.82, 2.24) is 10.0 Å². The van der Waals surface area contributed by atoms with E-state index in [1.165, 1.54) is 14.2 Å². The molecule has 1 atom stereocenters. The van der Waals surface area contributed by atoms with Crippen molar-refractivity contribution in [2.45, 2.75) is 18.6 Å².